The molecule has 16 heavy (non-hydrogen) atoms. The van der Waals surface area contributed by atoms with E-state index in [1.54, 1.807) is 0 Å². The highest BCUT2D eigenvalue weighted by molar-refractivity contribution is 5.75. The Bertz CT molecular complexity index is 393. The SMILES string of the molecule is O=C(O)C(F)(F)Cc1ccc(C(F)(F)F)o1. The number of hydrogen-bond donors (Lipinski definition) is 1. The summed E-state index contributed by atoms with van der Waals surface area (Å²) in [6, 6.07) is 1.13. The zero-order valence-electron chi connectivity index (χ0n) is 7.52. The van der Waals surface area contributed by atoms with Crippen LogP contribution in [-0.4, -0.2) is 17.0 Å². The minimum absolute atomic E-state index is 0.466. The van der Waals surface area contributed by atoms with Crippen molar-refractivity contribution in [1.82, 2.24) is 0 Å². The largest absolute Gasteiger partial charge is 0.477 e. The molecule has 8 heteroatoms. The van der Waals surface area contributed by atoms with Crippen LogP contribution in [0.5, 0.6) is 0 Å². The van der Waals surface area contributed by atoms with Gasteiger partial charge in [0.1, 0.15) is 5.76 Å². The molecule has 0 atom stereocenters. The first-order valence-corrected chi connectivity index (χ1v) is 3.90. The lowest BCUT2D eigenvalue weighted by atomic mass is 10.2. The predicted octanol–water partition coefficient (Wildman–Crippen LogP) is 2.56. The Kier molecular flexibility index (Phi) is 2.93. The lowest BCUT2D eigenvalue weighted by molar-refractivity contribution is -0.165. The molecule has 0 saturated carbocycles. The molecule has 0 aliphatic rings. The second-order valence-corrected chi connectivity index (χ2v) is 2.95. The minimum atomic E-state index is -4.78. The highest BCUT2D eigenvalue weighted by Gasteiger charge is 2.41. The molecule has 0 spiro atoms. The number of aliphatic carboxylic acids is 1. The number of carbonyl (C=O) groups is 1. The number of carboxylic acid groups (broad SMARTS) is 1. The fourth-order valence-corrected chi connectivity index (χ4v) is 0.920. The van der Waals surface area contributed by atoms with Crippen LogP contribution in [0.15, 0.2) is 16.5 Å². The summed E-state index contributed by atoms with van der Waals surface area (Å²) >= 11 is 0. The fraction of sp³-hybridized carbons (Fsp3) is 0.375. The highest BCUT2D eigenvalue weighted by atomic mass is 19.4. The first-order chi connectivity index (χ1) is 7.13. The second kappa shape index (κ2) is 3.76. The van der Waals surface area contributed by atoms with Gasteiger partial charge in [0, 0.05) is 0 Å². The van der Waals surface area contributed by atoms with Gasteiger partial charge in [0.25, 0.3) is 0 Å². The van der Waals surface area contributed by atoms with E-state index < -0.39 is 36.0 Å². The Labute approximate surface area is 85.5 Å². The number of carboxylic acids is 1. The van der Waals surface area contributed by atoms with E-state index in [1.807, 2.05) is 0 Å². The van der Waals surface area contributed by atoms with Crippen molar-refractivity contribution in [3.8, 4) is 0 Å². The third kappa shape index (κ3) is 2.71. The van der Waals surface area contributed by atoms with E-state index in [-0.39, 0.29) is 0 Å². The Balaban J connectivity index is 2.85. The molecular weight excluding hydrogens is 239 g/mol. The molecule has 0 radical (unpaired) electrons. The summed E-state index contributed by atoms with van der Waals surface area (Å²) in [4.78, 5) is 10.0. The van der Waals surface area contributed by atoms with Crippen molar-refractivity contribution in [1.29, 1.82) is 0 Å². The molecule has 1 heterocycles. The smallest absolute Gasteiger partial charge is 0.449 e. The van der Waals surface area contributed by atoms with Crippen molar-refractivity contribution in [2.45, 2.75) is 18.5 Å². The number of rotatable bonds is 3. The molecule has 0 aliphatic carbocycles. The van der Waals surface area contributed by atoms with Crippen molar-refractivity contribution < 1.29 is 36.3 Å². The summed E-state index contributed by atoms with van der Waals surface area (Å²) in [5, 5.41) is 8.06. The molecule has 1 N–H and O–H groups in total. The van der Waals surface area contributed by atoms with Gasteiger partial charge in [-0.25, -0.2) is 4.79 Å². The van der Waals surface area contributed by atoms with Gasteiger partial charge in [-0.15, -0.1) is 0 Å². The van der Waals surface area contributed by atoms with Gasteiger partial charge in [0.05, 0.1) is 6.42 Å². The Hall–Kier alpha value is -1.60. The molecule has 0 fully saturated rings. The molecule has 0 aromatic carbocycles. The van der Waals surface area contributed by atoms with E-state index in [9.17, 15) is 26.7 Å². The van der Waals surface area contributed by atoms with Crippen molar-refractivity contribution in [3.05, 3.63) is 23.7 Å². The van der Waals surface area contributed by atoms with E-state index in [0.717, 1.165) is 0 Å². The maximum Gasteiger partial charge on any atom is 0.449 e. The molecule has 0 saturated heterocycles. The van der Waals surface area contributed by atoms with E-state index in [0.29, 0.717) is 12.1 Å². The van der Waals surface area contributed by atoms with Crippen molar-refractivity contribution in [2.24, 2.45) is 0 Å². The lowest BCUT2D eigenvalue weighted by Gasteiger charge is -2.08. The Morgan fingerprint density at radius 3 is 2.19 bits per heavy atom. The minimum Gasteiger partial charge on any atom is -0.477 e. The van der Waals surface area contributed by atoms with Crippen molar-refractivity contribution in [3.63, 3.8) is 0 Å². The maximum atomic E-state index is 12.6. The molecule has 1 aromatic rings. The van der Waals surface area contributed by atoms with E-state index in [4.69, 9.17) is 5.11 Å². The Morgan fingerprint density at radius 2 is 1.81 bits per heavy atom. The highest BCUT2D eigenvalue weighted by Crippen LogP contribution is 2.32. The second-order valence-electron chi connectivity index (χ2n) is 2.95. The summed E-state index contributed by atoms with van der Waals surface area (Å²) in [6.07, 6.45) is -6.20. The van der Waals surface area contributed by atoms with Gasteiger partial charge in [0.2, 0.25) is 5.76 Å². The molecule has 0 unspecified atom stereocenters. The van der Waals surface area contributed by atoms with Crippen LogP contribution in [0.3, 0.4) is 0 Å². The van der Waals surface area contributed by atoms with Gasteiger partial charge in [-0.05, 0) is 12.1 Å². The van der Waals surface area contributed by atoms with Gasteiger partial charge >= 0.3 is 18.1 Å². The molecular formula is C8H5F5O3. The maximum absolute atomic E-state index is 12.6. The molecule has 1 aromatic heterocycles. The van der Waals surface area contributed by atoms with Crippen LogP contribution in [0.4, 0.5) is 22.0 Å². The first-order valence-electron chi connectivity index (χ1n) is 3.90. The molecule has 0 amide bonds. The molecule has 1 rings (SSSR count). The quantitative estimate of drug-likeness (QED) is 0.831. The van der Waals surface area contributed by atoms with E-state index in [1.165, 1.54) is 0 Å². The van der Waals surface area contributed by atoms with E-state index in [2.05, 4.69) is 4.42 Å². The summed E-state index contributed by atoms with van der Waals surface area (Å²) in [7, 11) is 0. The number of halogens is 5. The topological polar surface area (TPSA) is 50.4 Å². The van der Waals surface area contributed by atoms with Gasteiger partial charge in [-0.2, -0.15) is 22.0 Å². The van der Waals surface area contributed by atoms with Crippen molar-refractivity contribution in [2.75, 3.05) is 0 Å². The third-order valence-corrected chi connectivity index (χ3v) is 1.65. The summed E-state index contributed by atoms with van der Waals surface area (Å²) in [6.45, 7) is 0. The van der Waals surface area contributed by atoms with Gasteiger partial charge in [0.15, 0.2) is 0 Å². The molecule has 3 nitrogen and oxygen atoms in total. The monoisotopic (exact) mass is 244 g/mol. The molecule has 0 bridgehead atoms. The number of hydrogen-bond acceptors (Lipinski definition) is 2. The first kappa shape index (κ1) is 12.5. The van der Waals surface area contributed by atoms with Gasteiger partial charge in [-0.1, -0.05) is 0 Å². The van der Waals surface area contributed by atoms with Crippen LogP contribution in [0, 0.1) is 0 Å². The van der Waals surface area contributed by atoms with Crippen LogP contribution < -0.4 is 0 Å². The zero-order chi connectivity index (χ0) is 12.6. The average Bonchev–Trinajstić information content (AvgIpc) is 2.50. The Morgan fingerprint density at radius 1 is 1.25 bits per heavy atom. The predicted molar refractivity (Wildman–Crippen MR) is 40.0 cm³/mol. The summed E-state index contributed by atoms with van der Waals surface area (Å²) < 4.78 is 65.2. The van der Waals surface area contributed by atoms with Crippen LogP contribution in [0.2, 0.25) is 0 Å². The normalized spacial score (nSPS) is 12.8. The van der Waals surface area contributed by atoms with Gasteiger partial charge < -0.3 is 9.52 Å². The number of alkyl halides is 5. The van der Waals surface area contributed by atoms with Crippen LogP contribution in [0.25, 0.3) is 0 Å². The summed E-state index contributed by atoms with van der Waals surface area (Å²) in [5.74, 6) is -8.75. The summed E-state index contributed by atoms with van der Waals surface area (Å²) in [5.41, 5.74) is 0. The molecule has 0 aliphatic heterocycles. The number of furan rings is 1. The standard InChI is InChI=1S/C8H5F5O3/c9-7(10,6(14)15)3-4-1-2-5(16-4)8(11,12)13/h1-2H,3H2,(H,14,15). The lowest BCUT2D eigenvalue weighted by Crippen LogP contribution is -2.30. The average molecular weight is 244 g/mol. The van der Waals surface area contributed by atoms with Crippen LogP contribution >= 0.6 is 0 Å². The molecule has 90 valence electrons. The zero-order valence-corrected chi connectivity index (χ0v) is 7.52. The van der Waals surface area contributed by atoms with Crippen LogP contribution in [-0.2, 0) is 17.4 Å². The third-order valence-electron chi connectivity index (χ3n) is 1.65. The van der Waals surface area contributed by atoms with Gasteiger partial charge in [-0.3, -0.25) is 0 Å². The fourth-order valence-electron chi connectivity index (χ4n) is 0.920. The van der Waals surface area contributed by atoms with Crippen molar-refractivity contribution >= 4 is 5.97 Å². The van der Waals surface area contributed by atoms with E-state index >= 15 is 0 Å². The van der Waals surface area contributed by atoms with Crippen LogP contribution in [0.1, 0.15) is 11.5 Å².